The molecule has 1 fully saturated rings. The van der Waals surface area contributed by atoms with Crippen LogP contribution in [-0.4, -0.2) is 68.4 Å². The number of fused-ring (bicyclic) bond motifs is 1. The van der Waals surface area contributed by atoms with Crippen LogP contribution in [0.15, 0.2) is 48.5 Å². The first kappa shape index (κ1) is 22.5. The Balaban J connectivity index is 1.62. The number of methoxy groups -OCH3 is 2. The minimum absolute atomic E-state index is 0.0356. The van der Waals surface area contributed by atoms with E-state index in [1.54, 1.807) is 37.3 Å². The minimum Gasteiger partial charge on any atom is -0.493 e. The minimum atomic E-state index is -0.579. The van der Waals surface area contributed by atoms with Gasteiger partial charge >= 0.3 is 5.97 Å². The third kappa shape index (κ3) is 4.90. The number of carbonyl (C=O) groups excluding carboxylic acids is 2. The van der Waals surface area contributed by atoms with Crippen molar-refractivity contribution in [3.63, 3.8) is 0 Å². The van der Waals surface area contributed by atoms with Crippen LogP contribution in [0.4, 0.5) is 0 Å². The number of aromatic nitrogens is 1. The fourth-order valence-corrected chi connectivity index (χ4v) is 3.83. The van der Waals surface area contributed by atoms with Gasteiger partial charge in [-0.2, -0.15) is 0 Å². The third-order valence-electron chi connectivity index (χ3n) is 5.54. The average molecular weight is 450 g/mol. The Bertz CT molecular complexity index is 1180. The van der Waals surface area contributed by atoms with Gasteiger partial charge in [0.2, 0.25) is 0 Å². The van der Waals surface area contributed by atoms with Crippen molar-refractivity contribution in [2.24, 2.45) is 0 Å². The molecule has 8 heteroatoms. The quantitative estimate of drug-likeness (QED) is 0.533. The van der Waals surface area contributed by atoms with Crippen LogP contribution in [0.3, 0.4) is 0 Å². The van der Waals surface area contributed by atoms with Crippen LogP contribution in [-0.2, 0) is 14.3 Å². The Hall–Kier alpha value is -3.65. The summed E-state index contributed by atoms with van der Waals surface area (Å²) in [5.41, 5.74) is 2.32. The highest BCUT2D eigenvalue weighted by molar-refractivity contribution is 6.05. The second-order valence-electron chi connectivity index (χ2n) is 7.74. The monoisotopic (exact) mass is 450 g/mol. The lowest BCUT2D eigenvalue weighted by Crippen LogP contribution is -2.46. The van der Waals surface area contributed by atoms with E-state index >= 15 is 0 Å². The van der Waals surface area contributed by atoms with Crippen molar-refractivity contribution >= 4 is 22.8 Å². The molecule has 172 valence electrons. The molecule has 1 atom stereocenters. The number of morpholine rings is 1. The van der Waals surface area contributed by atoms with Crippen LogP contribution in [0.25, 0.3) is 22.2 Å². The zero-order chi connectivity index (χ0) is 23.4. The molecule has 3 aromatic rings. The molecule has 8 nitrogen and oxygen atoms in total. The average Bonchev–Trinajstić information content (AvgIpc) is 2.85. The maximum absolute atomic E-state index is 13.0. The molecule has 1 amide bonds. The summed E-state index contributed by atoms with van der Waals surface area (Å²) < 4.78 is 21.6. The number of esters is 1. The Morgan fingerprint density at radius 3 is 2.64 bits per heavy atom. The molecule has 1 saturated heterocycles. The molecular weight excluding hydrogens is 424 g/mol. The van der Waals surface area contributed by atoms with Gasteiger partial charge in [0.1, 0.15) is 0 Å². The van der Waals surface area contributed by atoms with Gasteiger partial charge in [0, 0.05) is 24.0 Å². The van der Waals surface area contributed by atoms with Crippen molar-refractivity contribution in [3.8, 4) is 22.8 Å². The van der Waals surface area contributed by atoms with E-state index in [0.29, 0.717) is 53.4 Å². The van der Waals surface area contributed by atoms with E-state index in [-0.39, 0.29) is 18.6 Å². The largest absolute Gasteiger partial charge is 0.493 e. The van der Waals surface area contributed by atoms with Crippen molar-refractivity contribution in [2.45, 2.75) is 13.0 Å². The number of amides is 1. The number of carbonyl (C=O) groups is 2. The van der Waals surface area contributed by atoms with Gasteiger partial charge in [0.15, 0.2) is 18.1 Å². The molecule has 0 N–H and O–H groups in total. The van der Waals surface area contributed by atoms with Crippen LogP contribution in [0, 0.1) is 0 Å². The van der Waals surface area contributed by atoms with E-state index in [0.717, 1.165) is 5.56 Å². The molecule has 0 radical (unpaired) electrons. The number of ether oxygens (including phenoxy) is 4. The van der Waals surface area contributed by atoms with Crippen LogP contribution in [0.5, 0.6) is 11.5 Å². The Labute approximate surface area is 192 Å². The van der Waals surface area contributed by atoms with Crippen molar-refractivity contribution in [2.75, 3.05) is 40.5 Å². The van der Waals surface area contributed by atoms with Crippen molar-refractivity contribution in [1.29, 1.82) is 0 Å². The first-order valence-electron chi connectivity index (χ1n) is 10.7. The lowest BCUT2D eigenvalue weighted by atomic mass is 10.0. The van der Waals surface area contributed by atoms with E-state index in [1.807, 2.05) is 37.3 Å². The second kappa shape index (κ2) is 9.87. The molecule has 2 heterocycles. The molecule has 4 rings (SSSR count). The zero-order valence-electron chi connectivity index (χ0n) is 18.9. The van der Waals surface area contributed by atoms with E-state index in [9.17, 15) is 9.59 Å². The molecule has 0 bridgehead atoms. The first-order chi connectivity index (χ1) is 16.0. The van der Waals surface area contributed by atoms with Gasteiger partial charge in [-0.05, 0) is 37.3 Å². The van der Waals surface area contributed by atoms with E-state index < -0.39 is 5.97 Å². The highest BCUT2D eigenvalue weighted by Crippen LogP contribution is 2.33. The third-order valence-corrected chi connectivity index (χ3v) is 5.54. The second-order valence-corrected chi connectivity index (χ2v) is 7.74. The van der Waals surface area contributed by atoms with Crippen molar-refractivity contribution < 1.29 is 28.5 Å². The lowest BCUT2D eigenvalue weighted by molar-refractivity contribution is -0.141. The number of benzene rings is 2. The number of hydrogen-bond acceptors (Lipinski definition) is 7. The number of pyridine rings is 1. The zero-order valence-corrected chi connectivity index (χ0v) is 18.9. The van der Waals surface area contributed by atoms with Crippen molar-refractivity contribution in [3.05, 3.63) is 54.1 Å². The van der Waals surface area contributed by atoms with Crippen LogP contribution < -0.4 is 9.47 Å². The van der Waals surface area contributed by atoms with E-state index in [4.69, 9.17) is 23.9 Å². The van der Waals surface area contributed by atoms with Gasteiger partial charge in [0.05, 0.1) is 43.7 Å². The van der Waals surface area contributed by atoms with Crippen LogP contribution in [0.1, 0.15) is 17.3 Å². The Kier molecular flexibility index (Phi) is 6.74. The molecule has 0 aliphatic carbocycles. The number of para-hydroxylation sites is 1. The fraction of sp³-hybridized carbons (Fsp3) is 0.320. The lowest BCUT2D eigenvalue weighted by Gasteiger charge is -2.30. The number of rotatable bonds is 6. The van der Waals surface area contributed by atoms with Crippen LogP contribution in [0.2, 0.25) is 0 Å². The van der Waals surface area contributed by atoms with Gasteiger partial charge in [0.25, 0.3) is 5.91 Å². The van der Waals surface area contributed by atoms with Crippen LogP contribution >= 0.6 is 0 Å². The standard InChI is InChI=1S/C25H26N2O6/c1-16-14-27(10-11-32-16)24(28)15-33-25(29)19-13-21(26-20-7-5-4-6-18(19)20)17-8-9-22(30-2)23(12-17)31-3/h4-9,12-13,16H,10-11,14-15H2,1-3H3. The SMILES string of the molecule is COc1ccc(-c2cc(C(=O)OCC(=O)N3CCOC(C)C3)c3ccccc3n2)cc1OC. The summed E-state index contributed by atoms with van der Waals surface area (Å²) in [5, 5.41) is 0.652. The summed E-state index contributed by atoms with van der Waals surface area (Å²) in [6.45, 7) is 3.03. The summed E-state index contributed by atoms with van der Waals surface area (Å²) in [6.07, 6.45) is -0.0356. The highest BCUT2D eigenvalue weighted by atomic mass is 16.5. The molecule has 1 aliphatic rings. The Morgan fingerprint density at radius 1 is 1.09 bits per heavy atom. The first-order valence-corrected chi connectivity index (χ1v) is 10.7. The predicted molar refractivity (Wildman–Crippen MR) is 123 cm³/mol. The van der Waals surface area contributed by atoms with Gasteiger partial charge in [-0.3, -0.25) is 4.79 Å². The van der Waals surface area contributed by atoms with E-state index in [1.165, 1.54) is 0 Å². The number of nitrogens with zero attached hydrogens (tertiary/aromatic N) is 2. The molecule has 1 aromatic heterocycles. The topological polar surface area (TPSA) is 87.2 Å². The van der Waals surface area contributed by atoms with Crippen molar-refractivity contribution in [1.82, 2.24) is 9.88 Å². The normalized spacial score (nSPS) is 15.8. The molecule has 1 unspecified atom stereocenters. The van der Waals surface area contributed by atoms with Gasteiger partial charge < -0.3 is 23.8 Å². The summed E-state index contributed by atoms with van der Waals surface area (Å²) in [4.78, 5) is 31.9. The number of hydrogen-bond donors (Lipinski definition) is 0. The fourth-order valence-electron chi connectivity index (χ4n) is 3.83. The molecule has 0 saturated carbocycles. The Morgan fingerprint density at radius 2 is 1.88 bits per heavy atom. The molecule has 2 aromatic carbocycles. The summed E-state index contributed by atoms with van der Waals surface area (Å²) in [5.74, 6) is 0.332. The summed E-state index contributed by atoms with van der Waals surface area (Å²) >= 11 is 0. The molecular formula is C25H26N2O6. The summed E-state index contributed by atoms with van der Waals surface area (Å²) in [6, 6.07) is 14.4. The maximum Gasteiger partial charge on any atom is 0.339 e. The molecule has 33 heavy (non-hydrogen) atoms. The van der Waals surface area contributed by atoms with E-state index in [2.05, 4.69) is 0 Å². The summed E-state index contributed by atoms with van der Waals surface area (Å²) in [7, 11) is 3.13. The predicted octanol–water partition coefficient (Wildman–Crippen LogP) is 3.32. The smallest absolute Gasteiger partial charge is 0.339 e. The highest BCUT2D eigenvalue weighted by Gasteiger charge is 2.23. The van der Waals surface area contributed by atoms with Gasteiger partial charge in [-0.1, -0.05) is 18.2 Å². The molecule has 0 spiro atoms. The van der Waals surface area contributed by atoms with Gasteiger partial charge in [-0.15, -0.1) is 0 Å². The maximum atomic E-state index is 13.0. The molecule has 1 aliphatic heterocycles. The van der Waals surface area contributed by atoms with Gasteiger partial charge in [-0.25, -0.2) is 9.78 Å².